The first-order valence-electron chi connectivity index (χ1n) is 15.5. The van der Waals surface area contributed by atoms with Crippen molar-refractivity contribution in [2.24, 2.45) is 76.9 Å². The molecular formula is C33H66. The monoisotopic (exact) mass is 463 g/mol. The normalized spacial score (nSPS) is 41.6. The molecule has 198 valence electrons. The van der Waals surface area contributed by atoms with Gasteiger partial charge in [-0.25, -0.2) is 0 Å². The van der Waals surface area contributed by atoms with Crippen LogP contribution in [0.4, 0.5) is 0 Å². The minimum Gasteiger partial charge on any atom is -0.0683 e. The van der Waals surface area contributed by atoms with Gasteiger partial charge in [0, 0.05) is 0 Å². The Morgan fingerprint density at radius 3 is 1.64 bits per heavy atom. The highest BCUT2D eigenvalue weighted by Gasteiger charge is 2.48. The molecule has 0 bridgehead atoms. The lowest BCUT2D eigenvalue weighted by Crippen LogP contribution is -2.39. The van der Waals surface area contributed by atoms with Gasteiger partial charge in [-0.3, -0.25) is 0 Å². The molecule has 3 saturated carbocycles. The molecule has 0 aromatic rings. The van der Waals surface area contributed by atoms with Crippen molar-refractivity contribution in [3.8, 4) is 0 Å². The van der Waals surface area contributed by atoms with Crippen LogP contribution in [0.5, 0.6) is 0 Å². The Kier molecular flexibility index (Phi) is 13.7. The zero-order chi connectivity index (χ0) is 25.5. The minimum absolute atomic E-state index is 0.880. The molecule has 0 aromatic carbocycles. The lowest BCUT2D eigenvalue weighted by Gasteiger charge is -2.45. The van der Waals surface area contributed by atoms with Crippen LogP contribution in [0.3, 0.4) is 0 Å². The van der Waals surface area contributed by atoms with E-state index in [-0.39, 0.29) is 0 Å². The Balaban J connectivity index is 0.000000454. The standard InChI is InChI=1S/C23H44.C8H16.C2H6/c1-8-16(4)10-9-11-17(5)20-13-21(15(2)3)23-19(7)12-18(6)22(23)14-20;1-5-6(2)8(4)7(5)3;1-2/h15-23H,8-14H2,1-7H3;5-8H,1-4H3;1-2H3. The predicted molar refractivity (Wildman–Crippen MR) is 151 cm³/mol. The van der Waals surface area contributed by atoms with Gasteiger partial charge in [0.05, 0.1) is 0 Å². The zero-order valence-corrected chi connectivity index (χ0v) is 25.5. The number of fused-ring (bicyclic) bond motifs is 1. The van der Waals surface area contributed by atoms with E-state index in [9.17, 15) is 0 Å². The Morgan fingerprint density at radius 2 is 1.18 bits per heavy atom. The molecule has 3 rings (SSSR count). The highest BCUT2D eigenvalue weighted by molar-refractivity contribution is 4.97. The topological polar surface area (TPSA) is 0 Å². The van der Waals surface area contributed by atoms with Crippen LogP contribution in [0.1, 0.15) is 135 Å². The van der Waals surface area contributed by atoms with Crippen molar-refractivity contribution in [3.05, 3.63) is 0 Å². The largest absolute Gasteiger partial charge is 0.0683 e. The molecule has 0 amide bonds. The van der Waals surface area contributed by atoms with E-state index in [0.717, 1.165) is 76.9 Å². The first kappa shape index (κ1) is 31.0. The summed E-state index contributed by atoms with van der Waals surface area (Å²) in [5, 5.41) is 0. The summed E-state index contributed by atoms with van der Waals surface area (Å²) in [6.07, 6.45) is 10.3. The molecule has 0 heterocycles. The average Bonchev–Trinajstić information content (AvgIpc) is 3.11. The minimum atomic E-state index is 0.880. The fourth-order valence-corrected chi connectivity index (χ4v) is 7.98. The lowest BCUT2D eigenvalue weighted by molar-refractivity contribution is 0.0302. The molecule has 0 spiro atoms. The van der Waals surface area contributed by atoms with Crippen LogP contribution in [0.15, 0.2) is 0 Å². The van der Waals surface area contributed by atoms with Crippen LogP contribution in [0, 0.1) is 76.9 Å². The Hall–Kier alpha value is 0. The second kappa shape index (κ2) is 14.5. The summed E-state index contributed by atoms with van der Waals surface area (Å²) < 4.78 is 0. The van der Waals surface area contributed by atoms with E-state index in [4.69, 9.17) is 0 Å². The Morgan fingerprint density at radius 1 is 0.667 bits per heavy atom. The molecule has 3 fully saturated rings. The van der Waals surface area contributed by atoms with Gasteiger partial charge in [0.15, 0.2) is 0 Å². The maximum atomic E-state index is 2.57. The summed E-state index contributed by atoms with van der Waals surface area (Å²) in [5.74, 6) is 12.7. The van der Waals surface area contributed by atoms with E-state index in [1.165, 1.54) is 38.5 Å². The maximum Gasteiger partial charge on any atom is -0.0326 e. The van der Waals surface area contributed by atoms with Crippen LogP contribution in [0.2, 0.25) is 0 Å². The van der Waals surface area contributed by atoms with Gasteiger partial charge < -0.3 is 0 Å². The van der Waals surface area contributed by atoms with Crippen molar-refractivity contribution < 1.29 is 0 Å². The molecule has 8 atom stereocenters. The highest BCUT2D eigenvalue weighted by atomic mass is 14.5. The van der Waals surface area contributed by atoms with Gasteiger partial charge >= 0.3 is 0 Å². The van der Waals surface area contributed by atoms with E-state index in [1.54, 1.807) is 6.42 Å². The molecule has 0 aromatic heterocycles. The van der Waals surface area contributed by atoms with Crippen molar-refractivity contribution >= 4 is 0 Å². The van der Waals surface area contributed by atoms with Crippen molar-refractivity contribution in [3.63, 3.8) is 0 Å². The smallest absolute Gasteiger partial charge is 0.0326 e. The molecule has 0 aliphatic heterocycles. The van der Waals surface area contributed by atoms with Gasteiger partial charge in [0.1, 0.15) is 0 Å². The third kappa shape index (κ3) is 8.00. The van der Waals surface area contributed by atoms with Gasteiger partial charge in [-0.1, -0.05) is 116 Å². The van der Waals surface area contributed by atoms with Crippen molar-refractivity contribution in [2.45, 2.75) is 135 Å². The second-order valence-electron chi connectivity index (χ2n) is 13.4. The van der Waals surface area contributed by atoms with Gasteiger partial charge in [0.2, 0.25) is 0 Å². The van der Waals surface area contributed by atoms with Crippen molar-refractivity contribution in [1.82, 2.24) is 0 Å². The molecule has 0 saturated heterocycles. The maximum absolute atomic E-state index is 2.57. The van der Waals surface area contributed by atoms with Gasteiger partial charge in [-0.15, -0.1) is 0 Å². The molecule has 3 aliphatic rings. The number of rotatable bonds is 7. The molecular weight excluding hydrogens is 396 g/mol. The van der Waals surface area contributed by atoms with E-state index in [0.29, 0.717) is 0 Å². The summed E-state index contributed by atoms with van der Waals surface area (Å²) in [6.45, 7) is 30.8. The van der Waals surface area contributed by atoms with Crippen LogP contribution < -0.4 is 0 Å². The summed E-state index contributed by atoms with van der Waals surface area (Å²) >= 11 is 0. The SMILES string of the molecule is CC.CC1C(C)C(C)C1C.CCC(C)CCCC(C)C1CC(C(C)C)C2C(C)CC(C)C2C1. The Bertz CT molecular complexity index is 474. The lowest BCUT2D eigenvalue weighted by atomic mass is 9.60. The van der Waals surface area contributed by atoms with E-state index < -0.39 is 0 Å². The van der Waals surface area contributed by atoms with Gasteiger partial charge in [-0.2, -0.15) is 0 Å². The van der Waals surface area contributed by atoms with Gasteiger partial charge in [0.25, 0.3) is 0 Å². The fraction of sp³-hybridized carbons (Fsp3) is 1.00. The number of hydrogen-bond acceptors (Lipinski definition) is 0. The molecule has 0 radical (unpaired) electrons. The molecule has 0 heteroatoms. The van der Waals surface area contributed by atoms with Crippen LogP contribution in [-0.2, 0) is 0 Å². The molecule has 0 N–H and O–H groups in total. The average molecular weight is 463 g/mol. The summed E-state index contributed by atoms with van der Waals surface area (Å²) in [6, 6.07) is 0. The molecule has 33 heavy (non-hydrogen) atoms. The first-order valence-corrected chi connectivity index (χ1v) is 15.5. The number of hydrogen-bond donors (Lipinski definition) is 0. The second-order valence-corrected chi connectivity index (χ2v) is 13.4. The molecule has 0 nitrogen and oxygen atoms in total. The summed E-state index contributed by atoms with van der Waals surface area (Å²) in [7, 11) is 0. The van der Waals surface area contributed by atoms with Crippen molar-refractivity contribution in [1.29, 1.82) is 0 Å². The molecule has 3 aliphatic carbocycles. The molecule has 8 unspecified atom stereocenters. The van der Waals surface area contributed by atoms with Crippen LogP contribution in [-0.4, -0.2) is 0 Å². The third-order valence-electron chi connectivity index (χ3n) is 11.3. The van der Waals surface area contributed by atoms with E-state index >= 15 is 0 Å². The van der Waals surface area contributed by atoms with Crippen LogP contribution in [0.25, 0.3) is 0 Å². The predicted octanol–water partition coefficient (Wildman–Crippen LogP) is 11.0. The van der Waals surface area contributed by atoms with Gasteiger partial charge in [-0.05, 0) is 96.2 Å². The van der Waals surface area contributed by atoms with E-state index in [2.05, 4.69) is 76.2 Å². The van der Waals surface area contributed by atoms with Crippen LogP contribution >= 0.6 is 0 Å². The summed E-state index contributed by atoms with van der Waals surface area (Å²) in [4.78, 5) is 0. The quantitative estimate of drug-likeness (QED) is 0.353. The first-order chi connectivity index (χ1) is 15.5. The fourth-order valence-electron chi connectivity index (χ4n) is 7.98. The zero-order valence-electron chi connectivity index (χ0n) is 25.5. The highest BCUT2D eigenvalue weighted by Crippen LogP contribution is 2.56. The third-order valence-corrected chi connectivity index (χ3v) is 11.3. The van der Waals surface area contributed by atoms with E-state index in [1.807, 2.05) is 13.8 Å². The Labute approximate surface area is 211 Å². The summed E-state index contributed by atoms with van der Waals surface area (Å²) in [5.41, 5.74) is 0. The van der Waals surface area contributed by atoms with Crippen molar-refractivity contribution in [2.75, 3.05) is 0 Å².